The number of hydrogen-bond donors (Lipinski definition) is 3. The van der Waals surface area contributed by atoms with Crippen molar-refractivity contribution in [3.63, 3.8) is 0 Å². The van der Waals surface area contributed by atoms with Crippen LogP contribution < -0.4 is 0 Å². The van der Waals surface area contributed by atoms with Crippen molar-refractivity contribution in [3.8, 4) is 0 Å². The third-order valence-corrected chi connectivity index (χ3v) is 1.97. The Labute approximate surface area is 81.4 Å². The van der Waals surface area contributed by atoms with Gasteiger partial charge in [0, 0.05) is 0 Å². The van der Waals surface area contributed by atoms with E-state index in [9.17, 15) is 9.90 Å². The first kappa shape index (κ1) is 10.7. The Kier molecular flexibility index (Phi) is 3.22. The molecule has 0 fully saturated rings. The molecule has 0 aromatic heterocycles. The van der Waals surface area contributed by atoms with Crippen molar-refractivity contribution in [1.29, 1.82) is 0 Å². The lowest BCUT2D eigenvalue weighted by Crippen LogP contribution is -2.10. The minimum atomic E-state index is -1.50. The molecule has 76 valence electrons. The van der Waals surface area contributed by atoms with E-state index in [1.54, 1.807) is 19.1 Å². The van der Waals surface area contributed by atoms with E-state index >= 15 is 0 Å². The van der Waals surface area contributed by atoms with E-state index in [0.29, 0.717) is 11.1 Å². The minimum absolute atomic E-state index is 0.307. The number of benzene rings is 1. The molecule has 0 saturated carbocycles. The van der Waals surface area contributed by atoms with Crippen LogP contribution in [0.3, 0.4) is 0 Å². The van der Waals surface area contributed by atoms with Crippen molar-refractivity contribution in [2.24, 2.45) is 0 Å². The highest BCUT2D eigenvalue weighted by Gasteiger charge is 2.15. The van der Waals surface area contributed by atoms with Gasteiger partial charge in [0.05, 0.1) is 6.10 Å². The fraction of sp³-hybridized carbons (Fsp3) is 0.300. The first-order chi connectivity index (χ1) is 6.52. The number of carboxylic acids is 1. The summed E-state index contributed by atoms with van der Waals surface area (Å²) < 4.78 is 0. The van der Waals surface area contributed by atoms with Gasteiger partial charge in [-0.15, -0.1) is 0 Å². The Hall–Kier alpha value is -1.39. The lowest BCUT2D eigenvalue weighted by atomic mass is 10.0. The number of rotatable bonds is 3. The highest BCUT2D eigenvalue weighted by atomic mass is 16.4. The lowest BCUT2D eigenvalue weighted by molar-refractivity contribution is -0.146. The van der Waals surface area contributed by atoms with Crippen LogP contribution in [0.5, 0.6) is 0 Å². The smallest absolute Gasteiger partial charge is 0.337 e. The number of carbonyl (C=O) groups is 1. The van der Waals surface area contributed by atoms with Crippen LogP contribution in [-0.4, -0.2) is 21.3 Å². The van der Waals surface area contributed by atoms with Gasteiger partial charge >= 0.3 is 5.97 Å². The van der Waals surface area contributed by atoms with Crippen molar-refractivity contribution in [2.75, 3.05) is 0 Å². The largest absolute Gasteiger partial charge is 0.479 e. The first-order valence-corrected chi connectivity index (χ1v) is 4.21. The van der Waals surface area contributed by atoms with Gasteiger partial charge in [-0.05, 0) is 18.1 Å². The maximum atomic E-state index is 10.4. The summed E-state index contributed by atoms with van der Waals surface area (Å²) in [7, 11) is 0. The van der Waals surface area contributed by atoms with Crippen LogP contribution in [0.1, 0.15) is 30.3 Å². The summed E-state index contributed by atoms with van der Waals surface area (Å²) in [6, 6.07) is 6.15. The molecule has 0 saturated heterocycles. The lowest BCUT2D eigenvalue weighted by Gasteiger charge is -2.08. The Bertz CT molecular complexity index is 315. The molecule has 2 atom stereocenters. The third kappa shape index (κ3) is 2.31. The molecule has 0 bridgehead atoms. The molecule has 0 amide bonds. The van der Waals surface area contributed by atoms with E-state index in [1.165, 1.54) is 12.1 Å². The van der Waals surface area contributed by atoms with Gasteiger partial charge in [-0.3, -0.25) is 0 Å². The van der Waals surface area contributed by atoms with E-state index in [4.69, 9.17) is 10.2 Å². The van der Waals surface area contributed by atoms with Crippen LogP contribution in [0.4, 0.5) is 0 Å². The summed E-state index contributed by atoms with van der Waals surface area (Å²) in [6.45, 7) is 1.61. The Balaban J connectivity index is 2.88. The molecule has 0 radical (unpaired) electrons. The van der Waals surface area contributed by atoms with E-state index in [0.717, 1.165) is 0 Å². The average molecular weight is 196 g/mol. The molecule has 0 heterocycles. The fourth-order valence-electron chi connectivity index (χ4n) is 1.10. The van der Waals surface area contributed by atoms with Crippen molar-refractivity contribution < 1.29 is 20.1 Å². The first-order valence-electron chi connectivity index (χ1n) is 4.21. The van der Waals surface area contributed by atoms with Crippen molar-refractivity contribution >= 4 is 5.97 Å². The number of aliphatic hydroxyl groups is 2. The molecule has 0 aliphatic carbocycles. The second-order valence-electron chi connectivity index (χ2n) is 3.08. The molecule has 1 rings (SSSR count). The van der Waals surface area contributed by atoms with Gasteiger partial charge in [0.15, 0.2) is 6.10 Å². The molecule has 2 unspecified atom stereocenters. The van der Waals surface area contributed by atoms with E-state index in [2.05, 4.69) is 0 Å². The molecular formula is C10H12O4. The van der Waals surface area contributed by atoms with Crippen molar-refractivity contribution in [3.05, 3.63) is 35.4 Å². The molecule has 4 nitrogen and oxygen atoms in total. The highest BCUT2D eigenvalue weighted by Crippen LogP contribution is 2.17. The van der Waals surface area contributed by atoms with Gasteiger partial charge < -0.3 is 15.3 Å². The van der Waals surface area contributed by atoms with Gasteiger partial charge in [-0.25, -0.2) is 4.79 Å². The molecule has 0 aliphatic heterocycles. The molecular weight excluding hydrogens is 184 g/mol. The standard InChI is InChI=1S/C10H12O4/c1-6(11)7-2-4-8(5-3-7)9(12)10(13)14/h2-6,9,11-12H,1H3,(H,13,14). The summed E-state index contributed by atoms with van der Waals surface area (Å²) in [6.07, 6.45) is -2.09. The topological polar surface area (TPSA) is 77.8 Å². The van der Waals surface area contributed by atoms with Gasteiger partial charge in [0.1, 0.15) is 0 Å². The van der Waals surface area contributed by atoms with Crippen LogP contribution >= 0.6 is 0 Å². The number of aliphatic hydroxyl groups excluding tert-OH is 2. The SMILES string of the molecule is CC(O)c1ccc(C(O)C(=O)O)cc1. The molecule has 3 N–H and O–H groups in total. The highest BCUT2D eigenvalue weighted by molar-refractivity contribution is 5.73. The second kappa shape index (κ2) is 4.21. The molecule has 1 aromatic carbocycles. The normalized spacial score (nSPS) is 14.8. The monoisotopic (exact) mass is 196 g/mol. The van der Waals surface area contributed by atoms with Gasteiger partial charge in [0.2, 0.25) is 0 Å². The predicted octanol–water partition coefficient (Wildman–Crippen LogP) is 0.858. The third-order valence-electron chi connectivity index (χ3n) is 1.97. The quantitative estimate of drug-likeness (QED) is 0.670. The van der Waals surface area contributed by atoms with Gasteiger partial charge in [-0.1, -0.05) is 24.3 Å². The number of hydrogen-bond acceptors (Lipinski definition) is 3. The second-order valence-corrected chi connectivity index (χ2v) is 3.08. The van der Waals surface area contributed by atoms with Crippen LogP contribution in [-0.2, 0) is 4.79 Å². The van der Waals surface area contributed by atoms with Crippen LogP contribution in [0.15, 0.2) is 24.3 Å². The zero-order valence-electron chi connectivity index (χ0n) is 7.71. The van der Waals surface area contributed by atoms with Crippen LogP contribution in [0.2, 0.25) is 0 Å². The summed E-state index contributed by atoms with van der Waals surface area (Å²) in [4.78, 5) is 10.4. The maximum Gasteiger partial charge on any atom is 0.337 e. The molecule has 0 spiro atoms. The number of carboxylic acid groups (broad SMARTS) is 1. The van der Waals surface area contributed by atoms with Crippen molar-refractivity contribution in [1.82, 2.24) is 0 Å². The molecule has 0 aliphatic rings. The average Bonchev–Trinajstić information content (AvgIpc) is 2.16. The van der Waals surface area contributed by atoms with Crippen LogP contribution in [0, 0.1) is 0 Å². The summed E-state index contributed by atoms with van der Waals surface area (Å²) in [5.41, 5.74) is 0.994. The fourth-order valence-corrected chi connectivity index (χ4v) is 1.10. The molecule has 4 heteroatoms. The van der Waals surface area contributed by atoms with Crippen molar-refractivity contribution in [2.45, 2.75) is 19.1 Å². The number of aliphatic carboxylic acids is 1. The predicted molar refractivity (Wildman–Crippen MR) is 49.7 cm³/mol. The van der Waals surface area contributed by atoms with Crippen LogP contribution in [0.25, 0.3) is 0 Å². The summed E-state index contributed by atoms with van der Waals surface area (Å²) >= 11 is 0. The summed E-state index contributed by atoms with van der Waals surface area (Å²) in [5, 5.41) is 26.9. The van der Waals surface area contributed by atoms with E-state index in [1.807, 2.05) is 0 Å². The van der Waals surface area contributed by atoms with Gasteiger partial charge in [-0.2, -0.15) is 0 Å². The molecule has 1 aromatic rings. The zero-order valence-corrected chi connectivity index (χ0v) is 7.71. The van der Waals surface area contributed by atoms with E-state index in [-0.39, 0.29) is 0 Å². The summed E-state index contributed by atoms with van der Waals surface area (Å²) in [5.74, 6) is -1.28. The zero-order chi connectivity index (χ0) is 10.7. The van der Waals surface area contributed by atoms with Gasteiger partial charge in [0.25, 0.3) is 0 Å². The Morgan fingerprint density at radius 1 is 1.14 bits per heavy atom. The maximum absolute atomic E-state index is 10.4. The molecule has 14 heavy (non-hydrogen) atoms. The Morgan fingerprint density at radius 3 is 1.93 bits per heavy atom. The minimum Gasteiger partial charge on any atom is -0.479 e. The van der Waals surface area contributed by atoms with E-state index < -0.39 is 18.2 Å². The Morgan fingerprint density at radius 2 is 1.57 bits per heavy atom.